The van der Waals surface area contributed by atoms with Crippen LogP contribution in [-0.4, -0.2) is 65.7 Å². The number of piperazine rings is 1. The molecule has 6 N–H and O–H groups in total. The van der Waals surface area contributed by atoms with Gasteiger partial charge in [-0.3, -0.25) is 5.73 Å². The van der Waals surface area contributed by atoms with E-state index < -0.39 is 5.79 Å². The third-order valence-electron chi connectivity index (χ3n) is 5.12. The van der Waals surface area contributed by atoms with Gasteiger partial charge in [-0.2, -0.15) is 4.99 Å². The summed E-state index contributed by atoms with van der Waals surface area (Å²) in [5.41, 5.74) is 14.9. The molecule has 0 saturated carbocycles. The second kappa shape index (κ2) is 6.62. The monoisotopic (exact) mass is 354 g/mol. The Balaban J connectivity index is 1.47. The van der Waals surface area contributed by atoms with Gasteiger partial charge in [0.15, 0.2) is 5.79 Å². The quantitative estimate of drug-likeness (QED) is 0.631. The summed E-state index contributed by atoms with van der Waals surface area (Å²) in [6.45, 7) is 3.78. The van der Waals surface area contributed by atoms with Crippen molar-refractivity contribution in [1.29, 1.82) is 0 Å². The summed E-state index contributed by atoms with van der Waals surface area (Å²) >= 11 is 0. The minimum Gasteiger partial charge on any atom is -0.368 e. The van der Waals surface area contributed by atoms with Gasteiger partial charge in [0.1, 0.15) is 0 Å². The van der Waals surface area contributed by atoms with Gasteiger partial charge in [0.25, 0.3) is 0 Å². The number of hydrogen-bond donors (Lipinski definition) is 4. The Kier molecular flexibility index (Phi) is 4.29. The maximum Gasteiger partial charge on any atom is 0.222 e. The number of rotatable bonds is 3. The molecule has 8 nitrogen and oxygen atoms in total. The molecule has 2 aliphatic rings. The van der Waals surface area contributed by atoms with Gasteiger partial charge in [-0.1, -0.05) is 18.2 Å². The first-order chi connectivity index (χ1) is 12.5. The van der Waals surface area contributed by atoms with E-state index in [2.05, 4.69) is 49.3 Å². The Labute approximate surface area is 152 Å². The summed E-state index contributed by atoms with van der Waals surface area (Å²) in [7, 11) is 2.12. The van der Waals surface area contributed by atoms with Gasteiger partial charge in [-0.25, -0.2) is 4.99 Å². The number of fused-ring (bicyclic) bond motifs is 1. The van der Waals surface area contributed by atoms with E-state index >= 15 is 0 Å². The van der Waals surface area contributed by atoms with Crippen LogP contribution in [0.3, 0.4) is 0 Å². The first-order valence-electron chi connectivity index (χ1n) is 9.02. The zero-order valence-corrected chi connectivity index (χ0v) is 15.1. The maximum atomic E-state index is 6.53. The highest BCUT2D eigenvalue weighted by molar-refractivity contribution is 5.96. The van der Waals surface area contributed by atoms with Gasteiger partial charge >= 0.3 is 0 Å². The Morgan fingerprint density at radius 1 is 1.19 bits per heavy atom. The van der Waals surface area contributed by atoms with Crippen molar-refractivity contribution >= 4 is 22.8 Å². The van der Waals surface area contributed by atoms with Crippen molar-refractivity contribution in [3.05, 3.63) is 36.0 Å². The number of hydrogen-bond acceptors (Lipinski definition) is 7. The number of nitrogens with one attached hydrogen (secondary N) is 2. The molecule has 1 unspecified atom stereocenters. The van der Waals surface area contributed by atoms with Crippen LogP contribution in [0.4, 0.5) is 0 Å². The van der Waals surface area contributed by atoms with E-state index in [4.69, 9.17) is 11.5 Å². The first kappa shape index (κ1) is 16.9. The number of nitrogens with zero attached hydrogens (tertiary/aromatic N) is 4. The molecule has 2 aliphatic heterocycles. The second-order valence-corrected chi connectivity index (χ2v) is 7.10. The molecule has 138 valence electrons. The van der Waals surface area contributed by atoms with Gasteiger partial charge < -0.3 is 25.8 Å². The first-order valence-corrected chi connectivity index (χ1v) is 9.02. The second-order valence-electron chi connectivity index (χ2n) is 7.10. The van der Waals surface area contributed by atoms with E-state index in [1.807, 2.05) is 18.3 Å². The molecule has 3 heterocycles. The Bertz CT molecular complexity index is 846. The van der Waals surface area contributed by atoms with Crippen molar-refractivity contribution in [3.63, 3.8) is 0 Å². The average molecular weight is 354 g/mol. The molecule has 0 radical (unpaired) electrons. The van der Waals surface area contributed by atoms with Crippen molar-refractivity contribution in [3.8, 4) is 0 Å². The number of benzene rings is 1. The van der Waals surface area contributed by atoms with E-state index in [0.717, 1.165) is 44.1 Å². The third kappa shape index (κ3) is 3.38. The van der Waals surface area contributed by atoms with Gasteiger partial charge in [-0.05, 0) is 25.1 Å². The highest BCUT2D eigenvalue weighted by Crippen LogP contribution is 2.22. The zero-order valence-electron chi connectivity index (χ0n) is 15.1. The molecule has 1 aromatic carbocycles. The minimum absolute atomic E-state index is 0.235. The van der Waals surface area contributed by atoms with Crippen LogP contribution < -0.4 is 16.8 Å². The molecule has 2 aromatic rings. The number of aromatic nitrogens is 1. The van der Waals surface area contributed by atoms with Gasteiger partial charge in [0.2, 0.25) is 11.9 Å². The van der Waals surface area contributed by atoms with Crippen molar-refractivity contribution in [2.45, 2.75) is 18.6 Å². The molecular formula is C18H26N8. The lowest BCUT2D eigenvalue weighted by atomic mass is 10.1. The van der Waals surface area contributed by atoms with Gasteiger partial charge in [-0.15, -0.1) is 0 Å². The van der Waals surface area contributed by atoms with Crippen LogP contribution >= 0.6 is 0 Å². The molecule has 0 spiro atoms. The van der Waals surface area contributed by atoms with Crippen LogP contribution in [0.2, 0.25) is 0 Å². The van der Waals surface area contributed by atoms with Crippen LogP contribution in [0.15, 0.2) is 40.4 Å². The Morgan fingerprint density at radius 3 is 2.77 bits per heavy atom. The molecular weight excluding hydrogens is 328 g/mol. The normalized spacial score (nSPS) is 24.3. The number of aliphatic imine (C=N–C) groups is 2. The summed E-state index contributed by atoms with van der Waals surface area (Å²) in [5.74, 6) is 0.0224. The van der Waals surface area contributed by atoms with Crippen LogP contribution in [0.5, 0.6) is 0 Å². The fraction of sp³-hybridized carbons (Fsp3) is 0.444. The smallest absolute Gasteiger partial charge is 0.222 e. The zero-order chi connectivity index (χ0) is 18.1. The number of aromatic amines is 1. The number of likely N-dealkylation sites (N-methyl/N-ethyl adjacent to an activating group) is 1. The Hall–Kier alpha value is -2.58. The third-order valence-corrected chi connectivity index (χ3v) is 5.12. The molecule has 8 heteroatoms. The standard InChI is InChI=1S/C18H26N8/c1-25-8-10-26(11-9-25)17-22-16(19)23-18(20,24-17)7-6-13-12-21-15-5-3-2-4-14(13)15/h2-5,12,21H,6-11,20H2,1H3,(H3,19,22,23,24). The molecule has 4 rings (SSSR count). The number of aryl methyl sites for hydroxylation is 1. The highest BCUT2D eigenvalue weighted by atomic mass is 15.4. The largest absolute Gasteiger partial charge is 0.368 e. The lowest BCUT2D eigenvalue weighted by Gasteiger charge is -2.39. The van der Waals surface area contributed by atoms with E-state index in [0.29, 0.717) is 6.42 Å². The predicted molar refractivity (Wildman–Crippen MR) is 105 cm³/mol. The molecule has 1 fully saturated rings. The molecule has 1 aromatic heterocycles. The predicted octanol–water partition coefficient (Wildman–Crippen LogP) is 0.234. The van der Waals surface area contributed by atoms with Crippen molar-refractivity contribution in [2.75, 3.05) is 33.2 Å². The van der Waals surface area contributed by atoms with Gasteiger partial charge in [0.05, 0.1) is 0 Å². The number of nitrogens with two attached hydrogens (primary N) is 2. The highest BCUT2D eigenvalue weighted by Gasteiger charge is 2.32. The van der Waals surface area contributed by atoms with E-state index in [9.17, 15) is 0 Å². The molecule has 1 atom stereocenters. The maximum absolute atomic E-state index is 6.53. The SMILES string of the molecule is CN1CCN(C2=NC(N)=NC(N)(CCc3c[nH]c4ccccc34)N2)CC1. The molecule has 0 bridgehead atoms. The minimum atomic E-state index is -0.942. The molecule has 1 saturated heterocycles. The fourth-order valence-electron chi connectivity index (χ4n) is 3.54. The summed E-state index contributed by atoms with van der Waals surface area (Å²) in [6, 6.07) is 8.27. The van der Waals surface area contributed by atoms with Crippen LogP contribution in [0.25, 0.3) is 10.9 Å². The van der Waals surface area contributed by atoms with Crippen molar-refractivity contribution < 1.29 is 0 Å². The van der Waals surface area contributed by atoms with Crippen molar-refractivity contribution in [2.24, 2.45) is 21.5 Å². The van der Waals surface area contributed by atoms with Crippen LogP contribution in [-0.2, 0) is 6.42 Å². The molecule has 26 heavy (non-hydrogen) atoms. The lowest BCUT2D eigenvalue weighted by Crippen LogP contribution is -2.63. The fourth-order valence-corrected chi connectivity index (χ4v) is 3.54. The average Bonchev–Trinajstić information content (AvgIpc) is 3.03. The number of H-pyrrole nitrogens is 1. The topological polar surface area (TPSA) is 111 Å². The molecule has 0 amide bonds. The summed E-state index contributed by atoms with van der Waals surface area (Å²) in [5, 5.41) is 4.53. The van der Waals surface area contributed by atoms with Crippen molar-refractivity contribution in [1.82, 2.24) is 20.1 Å². The van der Waals surface area contributed by atoms with Crippen LogP contribution in [0.1, 0.15) is 12.0 Å². The molecule has 0 aliphatic carbocycles. The van der Waals surface area contributed by atoms with Gasteiger partial charge in [0, 0.05) is 49.7 Å². The Morgan fingerprint density at radius 2 is 1.96 bits per heavy atom. The van der Waals surface area contributed by atoms with E-state index in [1.54, 1.807) is 0 Å². The summed E-state index contributed by atoms with van der Waals surface area (Å²) in [6.07, 6.45) is 3.46. The van der Waals surface area contributed by atoms with Crippen LogP contribution in [0, 0.1) is 0 Å². The summed E-state index contributed by atoms with van der Waals surface area (Å²) < 4.78 is 0. The number of para-hydroxylation sites is 1. The lowest BCUT2D eigenvalue weighted by molar-refractivity contribution is 0.205. The van der Waals surface area contributed by atoms with E-state index in [1.165, 1.54) is 10.9 Å². The summed E-state index contributed by atoms with van der Waals surface area (Å²) in [4.78, 5) is 16.5. The van der Waals surface area contributed by atoms with E-state index in [-0.39, 0.29) is 5.96 Å². The number of guanidine groups is 2.